The largest absolute Gasteiger partial charge is 0.483 e. The minimum Gasteiger partial charge on any atom is -0.483 e. The minimum absolute atomic E-state index is 0.101. The highest BCUT2D eigenvalue weighted by atomic mass is 16.5. The molecule has 1 atom stereocenters. The van der Waals surface area contributed by atoms with E-state index in [0.717, 1.165) is 23.4 Å². The van der Waals surface area contributed by atoms with Gasteiger partial charge in [0.05, 0.1) is 0 Å². The lowest BCUT2D eigenvalue weighted by Crippen LogP contribution is -2.38. The van der Waals surface area contributed by atoms with Crippen LogP contribution >= 0.6 is 0 Å². The number of ether oxygens (including phenoxy) is 2. The number of carbonyl (C=O) groups excluding carboxylic acids is 1. The van der Waals surface area contributed by atoms with Gasteiger partial charge in [-0.2, -0.15) is 0 Å². The normalized spacial score (nSPS) is 16.0. The molecule has 0 N–H and O–H groups in total. The van der Waals surface area contributed by atoms with E-state index in [2.05, 4.69) is 13.8 Å². The zero-order valence-electron chi connectivity index (χ0n) is 14.6. The molecule has 0 saturated carbocycles. The van der Waals surface area contributed by atoms with Crippen LogP contribution in [-0.2, 0) is 11.2 Å². The molecule has 3 rings (SSSR count). The number of amides is 1. The van der Waals surface area contributed by atoms with Crippen LogP contribution < -0.4 is 14.4 Å². The molecule has 1 aliphatic heterocycles. The predicted molar refractivity (Wildman–Crippen MR) is 94.8 cm³/mol. The van der Waals surface area contributed by atoms with E-state index in [1.54, 1.807) is 18.9 Å². The molecule has 1 aliphatic rings. The van der Waals surface area contributed by atoms with Crippen LogP contribution in [0, 0.1) is 0 Å². The molecule has 0 bridgehead atoms. The molecule has 0 saturated heterocycles. The highest BCUT2D eigenvalue weighted by Crippen LogP contribution is 2.42. The zero-order chi connectivity index (χ0) is 17.3. The molecule has 126 valence electrons. The first-order valence-electron chi connectivity index (χ1n) is 8.17. The van der Waals surface area contributed by atoms with Gasteiger partial charge in [0.1, 0.15) is 5.60 Å². The molecule has 24 heavy (non-hydrogen) atoms. The van der Waals surface area contributed by atoms with Crippen LogP contribution in [0.3, 0.4) is 0 Å². The maximum absolute atomic E-state index is 12.6. The molecule has 0 unspecified atom stereocenters. The Hall–Kier alpha value is -2.49. The summed E-state index contributed by atoms with van der Waals surface area (Å²) in [5, 5.41) is 0. The fourth-order valence-electron chi connectivity index (χ4n) is 2.97. The Morgan fingerprint density at radius 3 is 2.58 bits per heavy atom. The van der Waals surface area contributed by atoms with E-state index in [-0.39, 0.29) is 11.5 Å². The molecule has 0 aromatic heterocycles. The minimum atomic E-state index is -0.603. The van der Waals surface area contributed by atoms with Crippen molar-refractivity contribution < 1.29 is 14.3 Å². The number of anilines is 1. The first-order chi connectivity index (χ1) is 11.4. The Morgan fingerprint density at radius 2 is 1.88 bits per heavy atom. The molecule has 2 aromatic carbocycles. The Labute approximate surface area is 143 Å². The third-order valence-electron chi connectivity index (χ3n) is 4.18. The third kappa shape index (κ3) is 3.23. The first kappa shape index (κ1) is 16.4. The Balaban J connectivity index is 1.76. The summed E-state index contributed by atoms with van der Waals surface area (Å²) in [6, 6.07) is 15.4. The summed E-state index contributed by atoms with van der Waals surface area (Å²) in [5.41, 5.74) is 1.72. The molecular weight excluding hydrogens is 302 g/mol. The third-order valence-corrected chi connectivity index (χ3v) is 4.18. The van der Waals surface area contributed by atoms with Gasteiger partial charge in [0.2, 0.25) is 0 Å². The lowest BCUT2D eigenvalue weighted by atomic mass is 10.0. The van der Waals surface area contributed by atoms with E-state index in [0.29, 0.717) is 5.75 Å². The van der Waals surface area contributed by atoms with Gasteiger partial charge in [-0.3, -0.25) is 4.79 Å². The predicted octanol–water partition coefficient (Wildman–Crippen LogP) is 3.83. The van der Waals surface area contributed by atoms with Crippen molar-refractivity contribution >= 4 is 11.6 Å². The van der Waals surface area contributed by atoms with Crippen molar-refractivity contribution in [2.45, 2.75) is 38.9 Å². The number of likely N-dealkylation sites (N-methyl/N-ethyl adjacent to an activating group) is 1. The van der Waals surface area contributed by atoms with Crippen LogP contribution in [0.2, 0.25) is 0 Å². The topological polar surface area (TPSA) is 38.8 Å². The highest BCUT2D eigenvalue weighted by molar-refractivity contribution is 5.96. The van der Waals surface area contributed by atoms with Gasteiger partial charge in [0.15, 0.2) is 17.6 Å². The zero-order valence-corrected chi connectivity index (χ0v) is 14.6. The molecule has 4 heteroatoms. The van der Waals surface area contributed by atoms with E-state index in [1.807, 2.05) is 48.5 Å². The molecule has 0 spiro atoms. The van der Waals surface area contributed by atoms with Crippen molar-refractivity contribution in [2.75, 3.05) is 11.9 Å². The first-order valence-corrected chi connectivity index (χ1v) is 8.17. The van der Waals surface area contributed by atoms with Crippen LogP contribution in [0.1, 0.15) is 26.3 Å². The van der Waals surface area contributed by atoms with Crippen molar-refractivity contribution in [3.8, 4) is 11.5 Å². The second kappa shape index (κ2) is 6.19. The molecular formula is C20H23NO3. The SMILES string of the molecule is C[C@H](Oc1cccc2c1OC(C)(C)C2)C(=O)N(C)c1ccccc1. The number of carbonyl (C=O) groups is 1. The van der Waals surface area contributed by atoms with Gasteiger partial charge in [-0.1, -0.05) is 30.3 Å². The van der Waals surface area contributed by atoms with Crippen LogP contribution in [0.5, 0.6) is 11.5 Å². The van der Waals surface area contributed by atoms with Crippen LogP contribution in [-0.4, -0.2) is 24.7 Å². The van der Waals surface area contributed by atoms with Crippen molar-refractivity contribution in [1.82, 2.24) is 0 Å². The quantitative estimate of drug-likeness (QED) is 0.857. The number of para-hydroxylation sites is 2. The number of rotatable bonds is 4. The van der Waals surface area contributed by atoms with Crippen molar-refractivity contribution in [2.24, 2.45) is 0 Å². The van der Waals surface area contributed by atoms with Gasteiger partial charge in [0.25, 0.3) is 5.91 Å². The fraction of sp³-hybridized carbons (Fsp3) is 0.350. The number of benzene rings is 2. The summed E-state index contributed by atoms with van der Waals surface area (Å²) in [6.45, 7) is 5.87. The van der Waals surface area contributed by atoms with Crippen molar-refractivity contribution in [1.29, 1.82) is 0 Å². The van der Waals surface area contributed by atoms with Crippen molar-refractivity contribution in [3.63, 3.8) is 0 Å². The second-order valence-electron chi connectivity index (χ2n) is 6.78. The number of fused-ring (bicyclic) bond motifs is 1. The molecule has 0 aliphatic carbocycles. The average Bonchev–Trinajstić information content (AvgIpc) is 2.89. The number of nitrogens with zero attached hydrogens (tertiary/aromatic N) is 1. The lowest BCUT2D eigenvalue weighted by molar-refractivity contribution is -0.124. The van der Waals surface area contributed by atoms with Gasteiger partial charge in [-0.05, 0) is 39.0 Å². The average molecular weight is 325 g/mol. The second-order valence-corrected chi connectivity index (χ2v) is 6.78. The van der Waals surface area contributed by atoms with Crippen LogP contribution in [0.4, 0.5) is 5.69 Å². The summed E-state index contributed by atoms with van der Waals surface area (Å²) < 4.78 is 11.9. The smallest absolute Gasteiger partial charge is 0.267 e. The Morgan fingerprint density at radius 1 is 1.17 bits per heavy atom. The standard InChI is InChI=1S/C20H23NO3/c1-14(19(22)21(4)16-10-6-5-7-11-16)23-17-12-8-9-15-13-20(2,3)24-18(15)17/h5-12,14H,13H2,1-4H3/t14-/m0/s1. The van der Waals surface area contributed by atoms with Gasteiger partial charge in [0, 0.05) is 24.7 Å². The summed E-state index contributed by atoms with van der Waals surface area (Å²) in [6.07, 6.45) is 0.236. The van der Waals surface area contributed by atoms with Crippen molar-refractivity contribution in [3.05, 3.63) is 54.1 Å². The fourth-order valence-corrected chi connectivity index (χ4v) is 2.97. The van der Waals surface area contributed by atoms with E-state index in [1.165, 1.54) is 0 Å². The van der Waals surface area contributed by atoms with E-state index >= 15 is 0 Å². The summed E-state index contributed by atoms with van der Waals surface area (Å²) >= 11 is 0. The molecule has 0 radical (unpaired) electrons. The maximum Gasteiger partial charge on any atom is 0.267 e. The number of hydrogen-bond donors (Lipinski definition) is 0. The summed E-state index contributed by atoms with van der Waals surface area (Å²) in [5.74, 6) is 1.28. The van der Waals surface area contributed by atoms with Gasteiger partial charge < -0.3 is 14.4 Å². The van der Waals surface area contributed by atoms with Gasteiger partial charge >= 0.3 is 0 Å². The molecule has 1 amide bonds. The monoisotopic (exact) mass is 325 g/mol. The molecule has 0 fully saturated rings. The van der Waals surface area contributed by atoms with Gasteiger partial charge in [-0.15, -0.1) is 0 Å². The van der Waals surface area contributed by atoms with Crippen LogP contribution in [0.15, 0.2) is 48.5 Å². The van der Waals surface area contributed by atoms with Gasteiger partial charge in [-0.25, -0.2) is 0 Å². The molecule has 1 heterocycles. The maximum atomic E-state index is 12.6. The molecule has 2 aromatic rings. The molecule has 4 nitrogen and oxygen atoms in total. The van der Waals surface area contributed by atoms with E-state index < -0.39 is 6.10 Å². The summed E-state index contributed by atoms with van der Waals surface area (Å²) in [7, 11) is 1.76. The lowest BCUT2D eigenvalue weighted by Gasteiger charge is -2.23. The Kier molecular flexibility index (Phi) is 4.22. The summed E-state index contributed by atoms with van der Waals surface area (Å²) in [4.78, 5) is 14.2. The highest BCUT2D eigenvalue weighted by Gasteiger charge is 2.33. The van der Waals surface area contributed by atoms with E-state index in [9.17, 15) is 4.79 Å². The number of hydrogen-bond acceptors (Lipinski definition) is 3. The Bertz CT molecular complexity index is 740. The van der Waals surface area contributed by atoms with Crippen LogP contribution in [0.25, 0.3) is 0 Å². The van der Waals surface area contributed by atoms with E-state index in [4.69, 9.17) is 9.47 Å².